The Kier molecular flexibility index (Phi) is 8.24. The van der Waals surface area contributed by atoms with Gasteiger partial charge in [-0.05, 0) is 26.7 Å². The Balaban J connectivity index is 4.34. The maximum atomic E-state index is 11.3. The molecule has 0 aliphatic rings. The van der Waals surface area contributed by atoms with E-state index >= 15 is 0 Å². The second-order valence-corrected chi connectivity index (χ2v) is 3.91. The summed E-state index contributed by atoms with van der Waals surface area (Å²) in [7, 11) is 0. The van der Waals surface area contributed by atoms with Crippen LogP contribution in [0, 0.1) is 5.92 Å². The summed E-state index contributed by atoms with van der Waals surface area (Å²) >= 11 is 0. The van der Waals surface area contributed by atoms with Gasteiger partial charge in [-0.15, -0.1) is 0 Å². The lowest BCUT2D eigenvalue weighted by atomic mass is 9.95. The number of carboxylic acids is 1. The molecule has 1 unspecified atom stereocenters. The van der Waals surface area contributed by atoms with Crippen molar-refractivity contribution in [2.75, 3.05) is 13.2 Å². The molecular formula is C13H20O6. The van der Waals surface area contributed by atoms with Gasteiger partial charge in [-0.3, -0.25) is 9.59 Å². The standard InChI is InChI=1S/C13H20O6/c1-4-18-11(14)7-6-10(12(15)16)8-9(3)13(17)19-5-2/h10H,3-8H2,1-2H3,(H,15,16). The SMILES string of the molecule is C=C(CC(CCC(=O)OCC)C(=O)O)C(=O)OCC. The third-order valence-corrected chi connectivity index (χ3v) is 2.41. The molecule has 0 bridgehead atoms. The highest BCUT2D eigenvalue weighted by Crippen LogP contribution is 2.18. The van der Waals surface area contributed by atoms with Gasteiger partial charge in [-0.2, -0.15) is 0 Å². The van der Waals surface area contributed by atoms with E-state index in [4.69, 9.17) is 14.6 Å². The second kappa shape index (κ2) is 9.13. The number of carbonyl (C=O) groups is 3. The predicted octanol–water partition coefficient (Wildman–Crippen LogP) is 1.54. The summed E-state index contributed by atoms with van der Waals surface area (Å²) in [6, 6.07) is 0. The first-order chi connectivity index (χ1) is 8.92. The van der Waals surface area contributed by atoms with Crippen LogP contribution in [0.3, 0.4) is 0 Å². The third kappa shape index (κ3) is 7.23. The number of carbonyl (C=O) groups excluding carboxylic acids is 2. The van der Waals surface area contributed by atoms with Gasteiger partial charge in [-0.25, -0.2) is 4.79 Å². The van der Waals surface area contributed by atoms with E-state index in [0.29, 0.717) is 0 Å². The zero-order valence-corrected chi connectivity index (χ0v) is 11.3. The Morgan fingerprint density at radius 2 is 1.74 bits per heavy atom. The summed E-state index contributed by atoms with van der Waals surface area (Å²) in [5.74, 6) is -2.98. The molecule has 108 valence electrons. The second-order valence-electron chi connectivity index (χ2n) is 3.91. The quantitative estimate of drug-likeness (QED) is 0.506. The summed E-state index contributed by atoms with van der Waals surface area (Å²) in [6.07, 6.45) is 0.0705. The van der Waals surface area contributed by atoms with Crippen molar-refractivity contribution in [2.24, 2.45) is 5.92 Å². The zero-order chi connectivity index (χ0) is 14.8. The van der Waals surface area contributed by atoms with Crippen LogP contribution < -0.4 is 0 Å². The number of hydrogen-bond acceptors (Lipinski definition) is 5. The fourth-order valence-electron chi connectivity index (χ4n) is 1.45. The van der Waals surface area contributed by atoms with Gasteiger partial charge in [0.15, 0.2) is 0 Å². The van der Waals surface area contributed by atoms with Crippen molar-refractivity contribution in [2.45, 2.75) is 33.1 Å². The largest absolute Gasteiger partial charge is 0.481 e. The normalized spacial score (nSPS) is 11.5. The molecule has 19 heavy (non-hydrogen) atoms. The molecule has 0 amide bonds. The summed E-state index contributed by atoms with van der Waals surface area (Å²) in [4.78, 5) is 33.5. The molecule has 0 aromatic heterocycles. The predicted molar refractivity (Wildman–Crippen MR) is 67.4 cm³/mol. The average Bonchev–Trinajstić information content (AvgIpc) is 2.34. The van der Waals surface area contributed by atoms with Crippen LogP contribution in [0.25, 0.3) is 0 Å². The summed E-state index contributed by atoms with van der Waals surface area (Å²) in [5, 5.41) is 9.03. The lowest BCUT2D eigenvalue weighted by molar-refractivity contribution is -0.145. The lowest BCUT2D eigenvalue weighted by Crippen LogP contribution is -2.19. The molecule has 0 aliphatic carbocycles. The number of esters is 2. The third-order valence-electron chi connectivity index (χ3n) is 2.41. The summed E-state index contributed by atoms with van der Waals surface area (Å²) in [5.41, 5.74) is 0.0955. The molecule has 6 heteroatoms. The maximum absolute atomic E-state index is 11.3. The van der Waals surface area contributed by atoms with Crippen LogP contribution in [0.1, 0.15) is 33.1 Å². The molecule has 0 rings (SSSR count). The van der Waals surface area contributed by atoms with Crippen molar-refractivity contribution in [3.8, 4) is 0 Å². The van der Waals surface area contributed by atoms with Crippen LogP contribution in [0.15, 0.2) is 12.2 Å². The molecule has 1 N–H and O–H groups in total. The molecule has 0 heterocycles. The van der Waals surface area contributed by atoms with Crippen molar-refractivity contribution in [1.29, 1.82) is 0 Å². The highest BCUT2D eigenvalue weighted by molar-refractivity contribution is 5.88. The van der Waals surface area contributed by atoms with Gasteiger partial charge < -0.3 is 14.6 Å². The molecule has 0 saturated carbocycles. The van der Waals surface area contributed by atoms with Crippen LogP contribution in [0.2, 0.25) is 0 Å². The van der Waals surface area contributed by atoms with Crippen molar-refractivity contribution in [1.82, 2.24) is 0 Å². The molecule has 6 nitrogen and oxygen atoms in total. The van der Waals surface area contributed by atoms with E-state index in [2.05, 4.69) is 6.58 Å². The van der Waals surface area contributed by atoms with E-state index in [1.54, 1.807) is 13.8 Å². The van der Waals surface area contributed by atoms with Crippen LogP contribution in [0.4, 0.5) is 0 Å². The summed E-state index contributed by atoms with van der Waals surface area (Å²) in [6.45, 7) is 7.30. The number of aliphatic carboxylic acids is 1. The van der Waals surface area contributed by atoms with Crippen molar-refractivity contribution in [3.63, 3.8) is 0 Å². The van der Waals surface area contributed by atoms with Gasteiger partial charge in [0, 0.05) is 12.0 Å². The van der Waals surface area contributed by atoms with Gasteiger partial charge in [0.1, 0.15) is 0 Å². The highest BCUT2D eigenvalue weighted by atomic mass is 16.5. The molecule has 0 radical (unpaired) electrons. The van der Waals surface area contributed by atoms with Gasteiger partial charge >= 0.3 is 17.9 Å². The van der Waals surface area contributed by atoms with E-state index in [1.165, 1.54) is 0 Å². The van der Waals surface area contributed by atoms with Crippen LogP contribution in [0.5, 0.6) is 0 Å². The Labute approximate surface area is 112 Å². The molecule has 0 aromatic rings. The average molecular weight is 272 g/mol. The fraction of sp³-hybridized carbons (Fsp3) is 0.615. The zero-order valence-electron chi connectivity index (χ0n) is 11.3. The Bertz CT molecular complexity index is 347. The van der Waals surface area contributed by atoms with E-state index in [0.717, 1.165) is 0 Å². The van der Waals surface area contributed by atoms with Crippen LogP contribution in [-0.4, -0.2) is 36.2 Å². The monoisotopic (exact) mass is 272 g/mol. The minimum Gasteiger partial charge on any atom is -0.481 e. The first-order valence-electron chi connectivity index (χ1n) is 6.15. The van der Waals surface area contributed by atoms with Gasteiger partial charge in [-0.1, -0.05) is 6.58 Å². The Morgan fingerprint density at radius 3 is 2.21 bits per heavy atom. The smallest absolute Gasteiger partial charge is 0.333 e. The first kappa shape index (κ1) is 17.2. The molecule has 0 aromatic carbocycles. The first-order valence-corrected chi connectivity index (χ1v) is 6.15. The minimum atomic E-state index is -1.07. The molecule has 1 atom stereocenters. The number of rotatable bonds is 9. The molecule has 0 saturated heterocycles. The van der Waals surface area contributed by atoms with Gasteiger partial charge in [0.05, 0.1) is 19.1 Å². The molecule has 0 spiro atoms. The van der Waals surface area contributed by atoms with E-state index in [1.807, 2.05) is 0 Å². The lowest BCUT2D eigenvalue weighted by Gasteiger charge is -2.12. The number of carboxylic acid groups (broad SMARTS) is 1. The molecular weight excluding hydrogens is 252 g/mol. The van der Waals surface area contributed by atoms with Crippen molar-refractivity contribution < 1.29 is 29.0 Å². The number of ether oxygens (including phenoxy) is 2. The minimum absolute atomic E-state index is 0.000905. The van der Waals surface area contributed by atoms with E-state index in [9.17, 15) is 14.4 Å². The van der Waals surface area contributed by atoms with Crippen LogP contribution >= 0.6 is 0 Å². The highest BCUT2D eigenvalue weighted by Gasteiger charge is 2.23. The molecule has 0 fully saturated rings. The fourth-order valence-corrected chi connectivity index (χ4v) is 1.45. The van der Waals surface area contributed by atoms with E-state index in [-0.39, 0.29) is 38.0 Å². The molecule has 0 aliphatic heterocycles. The maximum Gasteiger partial charge on any atom is 0.333 e. The number of hydrogen-bond donors (Lipinski definition) is 1. The summed E-state index contributed by atoms with van der Waals surface area (Å²) < 4.78 is 9.44. The Hall–Kier alpha value is -1.85. The van der Waals surface area contributed by atoms with Gasteiger partial charge in [0.25, 0.3) is 0 Å². The van der Waals surface area contributed by atoms with Crippen LogP contribution in [-0.2, 0) is 23.9 Å². The Morgan fingerprint density at radius 1 is 1.16 bits per heavy atom. The van der Waals surface area contributed by atoms with E-state index < -0.39 is 23.8 Å². The van der Waals surface area contributed by atoms with Gasteiger partial charge in [0.2, 0.25) is 0 Å². The van der Waals surface area contributed by atoms with Crippen molar-refractivity contribution in [3.05, 3.63) is 12.2 Å². The topological polar surface area (TPSA) is 89.9 Å². The van der Waals surface area contributed by atoms with Crippen molar-refractivity contribution >= 4 is 17.9 Å².